The first kappa shape index (κ1) is 11.9. The van der Waals surface area contributed by atoms with Gasteiger partial charge in [0, 0.05) is 12.2 Å². The summed E-state index contributed by atoms with van der Waals surface area (Å²) in [6, 6.07) is 9.57. The number of hydrogen-bond acceptors (Lipinski definition) is 3. The Morgan fingerprint density at radius 3 is 2.59 bits per heavy atom. The maximum Gasteiger partial charge on any atom is 0.239 e. The highest BCUT2D eigenvalue weighted by molar-refractivity contribution is 5.80. The largest absolute Gasteiger partial charge is 0.388 e. The van der Waals surface area contributed by atoms with Crippen molar-refractivity contribution in [1.82, 2.24) is 5.32 Å². The monoisotopic (exact) mass is 234 g/mol. The molecule has 1 aliphatic carbocycles. The topological polar surface area (TPSA) is 61.4 Å². The molecule has 17 heavy (non-hydrogen) atoms. The number of nitrogens with one attached hydrogen (secondary N) is 2. The van der Waals surface area contributed by atoms with Gasteiger partial charge in [0.25, 0.3) is 0 Å². The highest BCUT2D eigenvalue weighted by Gasteiger charge is 2.34. The third-order valence-electron chi connectivity index (χ3n) is 3.13. The molecule has 1 aromatic rings. The molecule has 0 atom stereocenters. The lowest BCUT2D eigenvalue weighted by Crippen LogP contribution is -2.48. The normalized spacial score (nSPS) is 17.0. The van der Waals surface area contributed by atoms with Crippen LogP contribution in [-0.4, -0.2) is 29.7 Å². The van der Waals surface area contributed by atoms with Crippen molar-refractivity contribution in [3.05, 3.63) is 30.3 Å². The van der Waals surface area contributed by atoms with Crippen molar-refractivity contribution in [1.29, 1.82) is 0 Å². The van der Waals surface area contributed by atoms with Crippen molar-refractivity contribution >= 4 is 11.6 Å². The van der Waals surface area contributed by atoms with Crippen LogP contribution in [0.25, 0.3) is 0 Å². The number of para-hydroxylation sites is 1. The van der Waals surface area contributed by atoms with Crippen LogP contribution in [0.4, 0.5) is 5.69 Å². The Balaban J connectivity index is 1.67. The molecule has 3 N–H and O–H groups in total. The quantitative estimate of drug-likeness (QED) is 0.715. The third kappa shape index (κ3) is 3.46. The zero-order valence-corrected chi connectivity index (χ0v) is 9.78. The van der Waals surface area contributed by atoms with E-state index in [4.69, 9.17) is 0 Å². The number of carbonyl (C=O) groups excluding carboxylic acids is 1. The van der Waals surface area contributed by atoms with Crippen LogP contribution in [0.1, 0.15) is 19.3 Å². The Bertz CT molecular complexity index is 374. The average Bonchev–Trinajstić information content (AvgIpc) is 2.33. The maximum atomic E-state index is 11.5. The standard InChI is InChI=1S/C13H18N2O2/c16-12(15-10-13(17)7-4-8-13)9-14-11-5-2-1-3-6-11/h1-3,5-6,14,17H,4,7-10H2,(H,15,16). The van der Waals surface area contributed by atoms with Gasteiger partial charge in [-0.2, -0.15) is 0 Å². The number of hydrogen-bond donors (Lipinski definition) is 3. The van der Waals surface area contributed by atoms with E-state index in [-0.39, 0.29) is 12.5 Å². The van der Waals surface area contributed by atoms with Gasteiger partial charge in [0.05, 0.1) is 12.1 Å². The summed E-state index contributed by atoms with van der Waals surface area (Å²) in [5.41, 5.74) is 0.271. The van der Waals surface area contributed by atoms with Crippen LogP contribution < -0.4 is 10.6 Å². The van der Waals surface area contributed by atoms with Gasteiger partial charge in [-0.3, -0.25) is 4.79 Å². The first-order chi connectivity index (χ1) is 8.18. The Morgan fingerprint density at radius 1 is 1.29 bits per heavy atom. The summed E-state index contributed by atoms with van der Waals surface area (Å²) in [6.07, 6.45) is 2.63. The van der Waals surface area contributed by atoms with Gasteiger partial charge in [0.2, 0.25) is 5.91 Å². The molecule has 4 nitrogen and oxygen atoms in total. The predicted molar refractivity (Wildman–Crippen MR) is 66.7 cm³/mol. The minimum atomic E-state index is -0.650. The van der Waals surface area contributed by atoms with E-state index in [9.17, 15) is 9.90 Å². The van der Waals surface area contributed by atoms with Crippen molar-refractivity contribution < 1.29 is 9.90 Å². The Hall–Kier alpha value is -1.55. The molecule has 0 radical (unpaired) electrons. The molecule has 1 aliphatic rings. The zero-order valence-electron chi connectivity index (χ0n) is 9.78. The lowest BCUT2D eigenvalue weighted by atomic mass is 9.80. The van der Waals surface area contributed by atoms with Crippen molar-refractivity contribution in [3.63, 3.8) is 0 Å². The summed E-state index contributed by atoms with van der Waals surface area (Å²) in [5.74, 6) is -0.0887. The van der Waals surface area contributed by atoms with Crippen molar-refractivity contribution in [2.24, 2.45) is 0 Å². The summed E-state index contributed by atoms with van der Waals surface area (Å²) >= 11 is 0. The van der Waals surface area contributed by atoms with Gasteiger partial charge in [-0.15, -0.1) is 0 Å². The number of amides is 1. The Morgan fingerprint density at radius 2 is 2.00 bits per heavy atom. The molecule has 1 fully saturated rings. The molecule has 0 unspecified atom stereocenters. The number of anilines is 1. The van der Waals surface area contributed by atoms with E-state index in [0.717, 1.165) is 24.9 Å². The highest BCUT2D eigenvalue weighted by Crippen LogP contribution is 2.30. The fraction of sp³-hybridized carbons (Fsp3) is 0.462. The molecule has 1 saturated carbocycles. The predicted octanol–water partition coefficient (Wildman–Crippen LogP) is 1.13. The maximum absolute atomic E-state index is 11.5. The zero-order chi connectivity index (χ0) is 12.1. The molecule has 0 aromatic heterocycles. The summed E-state index contributed by atoms with van der Waals surface area (Å²) in [4.78, 5) is 11.5. The number of rotatable bonds is 5. The Labute approximate surface area is 101 Å². The van der Waals surface area contributed by atoms with Gasteiger partial charge in [-0.05, 0) is 31.4 Å². The molecule has 0 spiro atoms. The molecular weight excluding hydrogens is 216 g/mol. The van der Waals surface area contributed by atoms with Gasteiger partial charge < -0.3 is 15.7 Å². The van der Waals surface area contributed by atoms with Gasteiger partial charge in [0.1, 0.15) is 0 Å². The smallest absolute Gasteiger partial charge is 0.239 e. The Kier molecular flexibility index (Phi) is 3.64. The van der Waals surface area contributed by atoms with Gasteiger partial charge in [0.15, 0.2) is 0 Å². The highest BCUT2D eigenvalue weighted by atomic mass is 16.3. The van der Waals surface area contributed by atoms with Crippen molar-refractivity contribution in [3.8, 4) is 0 Å². The molecule has 1 amide bonds. The van der Waals surface area contributed by atoms with E-state index >= 15 is 0 Å². The second-order valence-corrected chi connectivity index (χ2v) is 4.57. The number of benzene rings is 1. The molecule has 0 bridgehead atoms. The first-order valence-electron chi connectivity index (χ1n) is 5.96. The molecule has 92 valence electrons. The van der Waals surface area contributed by atoms with Crippen LogP contribution in [0.15, 0.2) is 30.3 Å². The van der Waals surface area contributed by atoms with Gasteiger partial charge >= 0.3 is 0 Å². The van der Waals surface area contributed by atoms with Crippen LogP contribution in [-0.2, 0) is 4.79 Å². The molecule has 0 saturated heterocycles. The van der Waals surface area contributed by atoms with Crippen molar-refractivity contribution in [2.75, 3.05) is 18.4 Å². The minimum absolute atomic E-state index is 0.0887. The SMILES string of the molecule is O=C(CNc1ccccc1)NCC1(O)CCC1. The first-order valence-corrected chi connectivity index (χ1v) is 5.96. The third-order valence-corrected chi connectivity index (χ3v) is 3.13. The van der Waals surface area contributed by atoms with Crippen LogP contribution in [0.3, 0.4) is 0 Å². The van der Waals surface area contributed by atoms with Crippen LogP contribution in [0, 0.1) is 0 Å². The van der Waals surface area contributed by atoms with E-state index in [0.29, 0.717) is 6.54 Å². The van der Waals surface area contributed by atoms with Crippen LogP contribution in [0.2, 0.25) is 0 Å². The fourth-order valence-electron chi connectivity index (χ4n) is 1.83. The van der Waals surface area contributed by atoms with Crippen LogP contribution in [0.5, 0.6) is 0 Å². The minimum Gasteiger partial charge on any atom is -0.388 e. The lowest BCUT2D eigenvalue weighted by molar-refractivity contribution is -0.121. The van der Waals surface area contributed by atoms with Crippen LogP contribution >= 0.6 is 0 Å². The summed E-state index contributed by atoms with van der Waals surface area (Å²) < 4.78 is 0. The van der Waals surface area contributed by atoms with E-state index in [2.05, 4.69) is 10.6 Å². The summed E-state index contributed by atoms with van der Waals surface area (Å²) in [6.45, 7) is 0.600. The van der Waals surface area contributed by atoms with Crippen molar-refractivity contribution in [2.45, 2.75) is 24.9 Å². The van der Waals surface area contributed by atoms with E-state index in [1.54, 1.807) is 0 Å². The summed E-state index contributed by atoms with van der Waals surface area (Å²) in [7, 11) is 0. The van der Waals surface area contributed by atoms with E-state index in [1.165, 1.54) is 0 Å². The van der Waals surface area contributed by atoms with Gasteiger partial charge in [-0.1, -0.05) is 18.2 Å². The number of carbonyl (C=O) groups is 1. The van der Waals surface area contributed by atoms with Gasteiger partial charge in [-0.25, -0.2) is 0 Å². The molecule has 4 heteroatoms. The lowest BCUT2D eigenvalue weighted by Gasteiger charge is -2.36. The van der Waals surface area contributed by atoms with E-state index in [1.807, 2.05) is 30.3 Å². The number of aliphatic hydroxyl groups is 1. The average molecular weight is 234 g/mol. The molecule has 2 rings (SSSR count). The molecule has 0 aliphatic heterocycles. The second-order valence-electron chi connectivity index (χ2n) is 4.57. The second kappa shape index (κ2) is 5.19. The molecule has 1 aromatic carbocycles. The fourth-order valence-corrected chi connectivity index (χ4v) is 1.83. The van der Waals surface area contributed by atoms with E-state index < -0.39 is 5.60 Å². The summed E-state index contributed by atoms with van der Waals surface area (Å²) in [5, 5.41) is 15.6. The molecule has 0 heterocycles. The molecular formula is C13H18N2O2.